The second kappa shape index (κ2) is 5.00. The molecule has 1 fully saturated rings. The zero-order chi connectivity index (χ0) is 12.4. The molecule has 5 nitrogen and oxygen atoms in total. The van der Waals surface area contributed by atoms with Crippen LogP contribution in [-0.2, 0) is 0 Å². The first-order valence-corrected chi connectivity index (χ1v) is 6.42. The van der Waals surface area contributed by atoms with E-state index >= 15 is 0 Å². The topological polar surface area (TPSA) is 59.3 Å². The van der Waals surface area contributed by atoms with E-state index in [9.17, 15) is 10.1 Å². The van der Waals surface area contributed by atoms with Crippen molar-refractivity contribution in [1.29, 1.82) is 0 Å². The highest BCUT2D eigenvalue weighted by Gasteiger charge is 2.24. The summed E-state index contributed by atoms with van der Waals surface area (Å²) in [6, 6.07) is 1.51. The largest absolute Gasteiger partial charge is 0.351 e. The van der Waals surface area contributed by atoms with Crippen LogP contribution in [0.25, 0.3) is 0 Å². The standard InChI is InChI=1S/C11H14BrN3O2/c1-8-2-4-14(5-3-8)11-10(15(16)17)6-9(12)7-13-11/h6-8H,2-5H2,1H3. The lowest BCUT2D eigenvalue weighted by Crippen LogP contribution is -2.33. The maximum atomic E-state index is 11.0. The Morgan fingerprint density at radius 3 is 2.76 bits per heavy atom. The second-order valence-corrected chi connectivity index (χ2v) is 5.34. The van der Waals surface area contributed by atoms with Gasteiger partial charge >= 0.3 is 5.69 Å². The molecule has 0 saturated carbocycles. The zero-order valence-corrected chi connectivity index (χ0v) is 11.2. The minimum atomic E-state index is -0.370. The van der Waals surface area contributed by atoms with Crippen molar-refractivity contribution in [3.8, 4) is 0 Å². The monoisotopic (exact) mass is 299 g/mol. The van der Waals surface area contributed by atoms with E-state index in [1.54, 1.807) is 6.20 Å². The van der Waals surface area contributed by atoms with Gasteiger partial charge in [0.1, 0.15) is 0 Å². The van der Waals surface area contributed by atoms with Gasteiger partial charge in [-0.05, 0) is 34.7 Å². The first kappa shape index (κ1) is 12.3. The van der Waals surface area contributed by atoms with Gasteiger partial charge < -0.3 is 4.90 Å². The lowest BCUT2D eigenvalue weighted by atomic mass is 9.99. The number of anilines is 1. The summed E-state index contributed by atoms with van der Waals surface area (Å²) in [6.45, 7) is 3.90. The maximum absolute atomic E-state index is 11.0. The third kappa shape index (κ3) is 2.74. The number of piperidine rings is 1. The number of hydrogen-bond donors (Lipinski definition) is 0. The number of halogens is 1. The molecule has 0 aromatic carbocycles. The van der Waals surface area contributed by atoms with Gasteiger partial charge in [0, 0.05) is 29.8 Å². The van der Waals surface area contributed by atoms with Crippen molar-refractivity contribution in [2.45, 2.75) is 19.8 Å². The molecule has 0 spiro atoms. The number of hydrogen-bond acceptors (Lipinski definition) is 4. The average molecular weight is 300 g/mol. The molecule has 0 bridgehead atoms. The quantitative estimate of drug-likeness (QED) is 0.622. The van der Waals surface area contributed by atoms with Gasteiger partial charge in [0.25, 0.3) is 0 Å². The van der Waals surface area contributed by atoms with E-state index in [-0.39, 0.29) is 10.6 Å². The fourth-order valence-electron chi connectivity index (χ4n) is 2.02. The third-order valence-corrected chi connectivity index (χ3v) is 3.53. The third-order valence-electron chi connectivity index (χ3n) is 3.09. The van der Waals surface area contributed by atoms with Gasteiger partial charge in [-0.2, -0.15) is 0 Å². The van der Waals surface area contributed by atoms with Crippen LogP contribution >= 0.6 is 15.9 Å². The number of nitro groups is 1. The molecule has 1 aliphatic rings. The SMILES string of the molecule is CC1CCN(c2ncc(Br)cc2[N+](=O)[O-])CC1. The molecular formula is C11H14BrN3O2. The lowest BCUT2D eigenvalue weighted by Gasteiger charge is -2.30. The molecule has 17 heavy (non-hydrogen) atoms. The highest BCUT2D eigenvalue weighted by molar-refractivity contribution is 9.10. The minimum Gasteiger partial charge on any atom is -0.351 e. The van der Waals surface area contributed by atoms with Crippen LogP contribution in [0.2, 0.25) is 0 Å². The molecular weight excluding hydrogens is 286 g/mol. The molecule has 0 unspecified atom stereocenters. The van der Waals surface area contributed by atoms with Gasteiger partial charge in [-0.15, -0.1) is 0 Å². The van der Waals surface area contributed by atoms with E-state index in [0.29, 0.717) is 16.2 Å². The first-order chi connectivity index (χ1) is 8.08. The van der Waals surface area contributed by atoms with Crippen molar-refractivity contribution in [3.63, 3.8) is 0 Å². The molecule has 92 valence electrons. The smallest absolute Gasteiger partial charge is 0.312 e. The highest BCUT2D eigenvalue weighted by Crippen LogP contribution is 2.31. The molecule has 0 radical (unpaired) electrons. The molecule has 1 aromatic heterocycles. The van der Waals surface area contributed by atoms with Crippen molar-refractivity contribution in [1.82, 2.24) is 4.98 Å². The molecule has 6 heteroatoms. The molecule has 2 heterocycles. The van der Waals surface area contributed by atoms with Gasteiger partial charge in [-0.3, -0.25) is 10.1 Å². The molecule has 0 aliphatic carbocycles. The molecule has 1 aromatic rings. The van der Waals surface area contributed by atoms with E-state index in [0.717, 1.165) is 25.9 Å². The van der Waals surface area contributed by atoms with Crippen molar-refractivity contribution in [3.05, 3.63) is 26.9 Å². The molecule has 1 saturated heterocycles. The molecule has 0 atom stereocenters. The van der Waals surface area contributed by atoms with Gasteiger partial charge in [-0.25, -0.2) is 4.98 Å². The van der Waals surface area contributed by atoms with Crippen molar-refractivity contribution in [2.24, 2.45) is 5.92 Å². The summed E-state index contributed by atoms with van der Waals surface area (Å²) in [5.41, 5.74) is 0.0777. The summed E-state index contributed by atoms with van der Waals surface area (Å²) in [5, 5.41) is 11.0. The fourth-order valence-corrected chi connectivity index (χ4v) is 2.34. The van der Waals surface area contributed by atoms with Crippen LogP contribution in [0.3, 0.4) is 0 Å². The Balaban J connectivity index is 2.28. The predicted molar refractivity (Wildman–Crippen MR) is 69.2 cm³/mol. The van der Waals surface area contributed by atoms with E-state index < -0.39 is 0 Å². The van der Waals surface area contributed by atoms with Crippen LogP contribution in [-0.4, -0.2) is 23.0 Å². The number of rotatable bonds is 2. The summed E-state index contributed by atoms with van der Waals surface area (Å²) in [6.07, 6.45) is 3.74. The second-order valence-electron chi connectivity index (χ2n) is 4.42. The van der Waals surface area contributed by atoms with E-state index in [1.807, 2.05) is 4.90 Å². The van der Waals surface area contributed by atoms with Gasteiger partial charge in [0.05, 0.1) is 4.92 Å². The Morgan fingerprint density at radius 2 is 2.18 bits per heavy atom. The van der Waals surface area contributed by atoms with Crippen LogP contribution < -0.4 is 4.90 Å². The molecule has 0 amide bonds. The Kier molecular flexibility index (Phi) is 3.61. The number of pyridine rings is 1. The van der Waals surface area contributed by atoms with Crippen molar-refractivity contribution < 1.29 is 4.92 Å². The summed E-state index contributed by atoms with van der Waals surface area (Å²) in [5.74, 6) is 1.19. The van der Waals surface area contributed by atoms with E-state index in [2.05, 4.69) is 27.8 Å². The summed E-state index contributed by atoms with van der Waals surface area (Å²) < 4.78 is 0.637. The van der Waals surface area contributed by atoms with Crippen molar-refractivity contribution in [2.75, 3.05) is 18.0 Å². The predicted octanol–water partition coefficient (Wildman–Crippen LogP) is 2.99. The summed E-state index contributed by atoms with van der Waals surface area (Å²) >= 11 is 3.21. The van der Waals surface area contributed by atoms with Gasteiger partial charge in [0.2, 0.25) is 5.82 Å². The van der Waals surface area contributed by atoms with Gasteiger partial charge in [0.15, 0.2) is 0 Å². The molecule has 1 aliphatic heterocycles. The fraction of sp³-hybridized carbons (Fsp3) is 0.545. The molecule has 2 rings (SSSR count). The van der Waals surface area contributed by atoms with Crippen LogP contribution in [0.15, 0.2) is 16.7 Å². The molecule has 0 N–H and O–H groups in total. The Labute approximate surface area is 108 Å². The number of aromatic nitrogens is 1. The van der Waals surface area contributed by atoms with E-state index in [1.165, 1.54) is 6.07 Å². The summed E-state index contributed by atoms with van der Waals surface area (Å²) in [7, 11) is 0. The number of nitrogens with zero attached hydrogens (tertiary/aromatic N) is 3. The Morgan fingerprint density at radius 1 is 1.53 bits per heavy atom. The Bertz CT molecular complexity index is 431. The van der Waals surface area contributed by atoms with Crippen molar-refractivity contribution >= 4 is 27.4 Å². The van der Waals surface area contributed by atoms with Crippen LogP contribution in [0.1, 0.15) is 19.8 Å². The zero-order valence-electron chi connectivity index (χ0n) is 9.60. The first-order valence-electron chi connectivity index (χ1n) is 5.63. The normalized spacial score (nSPS) is 17.2. The van der Waals surface area contributed by atoms with Crippen LogP contribution in [0.5, 0.6) is 0 Å². The minimum absolute atomic E-state index is 0.0777. The van der Waals surface area contributed by atoms with E-state index in [4.69, 9.17) is 0 Å². The van der Waals surface area contributed by atoms with Crippen LogP contribution in [0, 0.1) is 16.0 Å². The highest BCUT2D eigenvalue weighted by atomic mass is 79.9. The van der Waals surface area contributed by atoms with Gasteiger partial charge in [-0.1, -0.05) is 6.92 Å². The average Bonchev–Trinajstić information content (AvgIpc) is 2.30. The van der Waals surface area contributed by atoms with Crippen LogP contribution in [0.4, 0.5) is 11.5 Å². The Hall–Kier alpha value is -1.17. The maximum Gasteiger partial charge on any atom is 0.312 e. The lowest BCUT2D eigenvalue weighted by molar-refractivity contribution is -0.384. The summed E-state index contributed by atoms with van der Waals surface area (Å²) in [4.78, 5) is 16.8.